The van der Waals surface area contributed by atoms with E-state index in [1.807, 2.05) is 6.07 Å². The third-order valence-corrected chi connectivity index (χ3v) is 6.75. The molecule has 3 rings (SSSR count). The number of sulfonamides is 1. The zero-order valence-electron chi connectivity index (χ0n) is 16.4. The second-order valence-electron chi connectivity index (χ2n) is 7.07. The molecule has 1 aromatic rings. The van der Waals surface area contributed by atoms with E-state index >= 15 is 0 Å². The topological polar surface area (TPSA) is 87.2 Å². The van der Waals surface area contributed by atoms with Gasteiger partial charge in [0.2, 0.25) is 10.0 Å². The van der Waals surface area contributed by atoms with E-state index in [2.05, 4.69) is 4.90 Å². The summed E-state index contributed by atoms with van der Waals surface area (Å²) >= 11 is 0. The van der Waals surface area contributed by atoms with Gasteiger partial charge in [-0.2, -0.15) is 17.5 Å². The van der Waals surface area contributed by atoms with Crippen LogP contribution in [0.4, 0.5) is 23.2 Å². The van der Waals surface area contributed by atoms with Crippen LogP contribution in [-0.2, 0) is 19.6 Å². The van der Waals surface area contributed by atoms with Gasteiger partial charge in [0.05, 0.1) is 18.0 Å². The molecule has 2 aliphatic rings. The van der Waals surface area contributed by atoms with E-state index in [0.717, 1.165) is 25.1 Å². The number of piperidine rings is 1. The minimum absolute atomic E-state index is 0.108. The van der Waals surface area contributed by atoms with Crippen LogP contribution in [0.3, 0.4) is 0 Å². The first-order valence-corrected chi connectivity index (χ1v) is 10.9. The smallest absolute Gasteiger partial charge is 0.475 e. The van der Waals surface area contributed by atoms with Crippen molar-refractivity contribution in [3.63, 3.8) is 0 Å². The summed E-state index contributed by atoms with van der Waals surface area (Å²) in [5, 5.41) is 7.12. The maximum absolute atomic E-state index is 13.5. The molecule has 12 heteroatoms. The molecule has 2 saturated heterocycles. The summed E-state index contributed by atoms with van der Waals surface area (Å²) < 4.78 is 77.1. The zero-order valence-corrected chi connectivity index (χ0v) is 17.2. The number of ether oxygens (including phenoxy) is 1. The minimum atomic E-state index is -5.08. The summed E-state index contributed by atoms with van der Waals surface area (Å²) in [5.74, 6) is -2.91. The van der Waals surface area contributed by atoms with E-state index in [0.29, 0.717) is 26.2 Å². The fraction of sp³-hybridized carbons (Fsp3) is 0.611. The van der Waals surface area contributed by atoms with Crippen LogP contribution in [0, 0.1) is 5.82 Å². The molecular formula is C18H24F4N2O5S. The number of morpholine rings is 1. The summed E-state index contributed by atoms with van der Waals surface area (Å²) in [6.45, 7) is 4.29. The Hall–Kier alpha value is -1.92. The highest BCUT2D eigenvalue weighted by Gasteiger charge is 2.43. The van der Waals surface area contributed by atoms with Crippen molar-refractivity contribution >= 4 is 21.7 Å². The number of alkyl halides is 3. The van der Waals surface area contributed by atoms with E-state index in [1.165, 1.54) is 12.1 Å². The van der Waals surface area contributed by atoms with Crippen LogP contribution in [0.15, 0.2) is 24.3 Å². The molecule has 1 spiro atoms. The third-order valence-electron chi connectivity index (χ3n) is 4.93. The maximum Gasteiger partial charge on any atom is 0.490 e. The maximum atomic E-state index is 13.5. The molecule has 0 saturated carbocycles. The Labute approximate surface area is 172 Å². The Bertz CT molecular complexity index is 845. The number of hydrogen-bond acceptors (Lipinski definition) is 5. The average Bonchev–Trinajstić information content (AvgIpc) is 2.68. The predicted molar refractivity (Wildman–Crippen MR) is 101 cm³/mol. The molecule has 2 fully saturated rings. The van der Waals surface area contributed by atoms with Gasteiger partial charge in [-0.3, -0.25) is 0 Å². The number of halogens is 4. The summed E-state index contributed by atoms with van der Waals surface area (Å²) in [5.41, 5.74) is 0.327. The summed E-state index contributed by atoms with van der Waals surface area (Å²) in [6, 6.07) is 6.52. The fourth-order valence-electron chi connectivity index (χ4n) is 3.47. The summed E-state index contributed by atoms with van der Waals surface area (Å²) in [7, 11) is -3.21. The van der Waals surface area contributed by atoms with E-state index in [-0.39, 0.29) is 11.6 Å². The number of carboxylic acids is 1. The van der Waals surface area contributed by atoms with Gasteiger partial charge in [0, 0.05) is 31.9 Å². The van der Waals surface area contributed by atoms with Crippen molar-refractivity contribution in [2.75, 3.05) is 43.4 Å². The van der Waals surface area contributed by atoms with Gasteiger partial charge >= 0.3 is 12.1 Å². The Kier molecular flexibility index (Phi) is 7.69. The van der Waals surface area contributed by atoms with E-state index in [9.17, 15) is 26.0 Å². The molecule has 1 unspecified atom stereocenters. The summed E-state index contributed by atoms with van der Waals surface area (Å²) in [6.07, 6.45) is -3.36. The number of rotatable bonds is 3. The van der Waals surface area contributed by atoms with Crippen LogP contribution >= 0.6 is 0 Å². The SMILES string of the molecule is CCS(=O)(=O)N1CCOC2(CCCN(c3cccc(F)c3)C2)C1.O=C(O)C(F)(F)F. The first-order valence-electron chi connectivity index (χ1n) is 9.31. The highest BCUT2D eigenvalue weighted by molar-refractivity contribution is 7.89. The number of hydrogen-bond donors (Lipinski definition) is 1. The van der Waals surface area contributed by atoms with Crippen LogP contribution in [-0.4, -0.2) is 74.1 Å². The van der Waals surface area contributed by atoms with E-state index < -0.39 is 27.8 Å². The fourth-order valence-corrected chi connectivity index (χ4v) is 4.62. The van der Waals surface area contributed by atoms with Crippen molar-refractivity contribution in [1.82, 2.24) is 4.31 Å². The quantitative estimate of drug-likeness (QED) is 0.704. The van der Waals surface area contributed by atoms with Gasteiger partial charge in [-0.1, -0.05) is 6.07 Å². The monoisotopic (exact) mass is 456 g/mol. The van der Waals surface area contributed by atoms with Gasteiger partial charge < -0.3 is 14.7 Å². The first-order chi connectivity index (χ1) is 13.9. The van der Waals surface area contributed by atoms with Gasteiger partial charge in [-0.25, -0.2) is 17.6 Å². The van der Waals surface area contributed by atoms with E-state index in [4.69, 9.17) is 14.6 Å². The van der Waals surface area contributed by atoms with Crippen LogP contribution in [0.1, 0.15) is 19.8 Å². The highest BCUT2D eigenvalue weighted by Crippen LogP contribution is 2.32. The van der Waals surface area contributed by atoms with Crippen molar-refractivity contribution in [2.45, 2.75) is 31.5 Å². The molecule has 2 aliphatic heterocycles. The summed E-state index contributed by atoms with van der Waals surface area (Å²) in [4.78, 5) is 11.0. The molecule has 1 N–H and O–H groups in total. The lowest BCUT2D eigenvalue weighted by Gasteiger charge is -2.48. The molecule has 0 aliphatic carbocycles. The van der Waals surface area contributed by atoms with Crippen molar-refractivity contribution < 1.29 is 40.6 Å². The average molecular weight is 456 g/mol. The normalized spacial score (nSPS) is 23.0. The van der Waals surface area contributed by atoms with E-state index in [1.54, 1.807) is 17.3 Å². The molecule has 170 valence electrons. The van der Waals surface area contributed by atoms with Crippen molar-refractivity contribution in [3.8, 4) is 0 Å². The zero-order chi connectivity index (χ0) is 22.6. The molecular weight excluding hydrogens is 432 g/mol. The van der Waals surface area contributed by atoms with Crippen molar-refractivity contribution in [3.05, 3.63) is 30.1 Å². The van der Waals surface area contributed by atoms with Gasteiger partial charge in [0.15, 0.2) is 0 Å². The number of aliphatic carboxylic acids is 1. The van der Waals surface area contributed by atoms with Crippen LogP contribution in [0.5, 0.6) is 0 Å². The van der Waals surface area contributed by atoms with Gasteiger partial charge in [-0.05, 0) is 38.0 Å². The van der Waals surface area contributed by atoms with Gasteiger partial charge in [-0.15, -0.1) is 0 Å². The number of anilines is 1. The van der Waals surface area contributed by atoms with Crippen molar-refractivity contribution in [1.29, 1.82) is 0 Å². The number of benzene rings is 1. The Morgan fingerprint density at radius 2 is 1.93 bits per heavy atom. The van der Waals surface area contributed by atoms with Gasteiger partial charge in [0.1, 0.15) is 5.82 Å². The molecule has 0 amide bonds. The second-order valence-corrected chi connectivity index (χ2v) is 9.33. The first kappa shape index (κ1) is 24.4. The van der Waals surface area contributed by atoms with Crippen LogP contribution < -0.4 is 4.90 Å². The van der Waals surface area contributed by atoms with Crippen molar-refractivity contribution in [2.24, 2.45) is 0 Å². The molecule has 2 heterocycles. The molecule has 1 aromatic carbocycles. The largest absolute Gasteiger partial charge is 0.490 e. The Morgan fingerprint density at radius 3 is 2.50 bits per heavy atom. The molecule has 30 heavy (non-hydrogen) atoms. The number of carbonyl (C=O) groups is 1. The minimum Gasteiger partial charge on any atom is -0.475 e. The third kappa shape index (κ3) is 6.29. The molecule has 0 aromatic heterocycles. The van der Waals surface area contributed by atoms with Gasteiger partial charge in [0.25, 0.3) is 0 Å². The molecule has 7 nitrogen and oxygen atoms in total. The molecule has 0 radical (unpaired) electrons. The lowest BCUT2D eigenvalue weighted by molar-refractivity contribution is -0.192. The molecule has 0 bridgehead atoms. The Morgan fingerprint density at radius 1 is 1.27 bits per heavy atom. The number of carboxylic acid groups (broad SMARTS) is 1. The highest BCUT2D eigenvalue weighted by atomic mass is 32.2. The second kappa shape index (κ2) is 9.48. The van der Waals surface area contributed by atoms with Crippen LogP contribution in [0.25, 0.3) is 0 Å². The van der Waals surface area contributed by atoms with Crippen LogP contribution in [0.2, 0.25) is 0 Å². The molecule has 1 atom stereocenters. The standard InChI is InChI=1S/C16H23FN2O3S.C2HF3O2/c1-2-23(20,21)19-9-10-22-16(13-19)7-4-8-18(12-16)15-6-3-5-14(17)11-15;3-2(4,5)1(6)7/h3,5-6,11H,2,4,7-10,12-13H2,1H3;(H,6,7). The Balaban J connectivity index is 0.000000396. The lowest BCUT2D eigenvalue weighted by atomic mass is 9.91. The number of nitrogens with zero attached hydrogens (tertiary/aromatic N) is 2. The predicted octanol–water partition coefficient (Wildman–Crippen LogP) is 2.48. The lowest BCUT2D eigenvalue weighted by Crippen LogP contribution is -2.61.